The maximum absolute atomic E-state index is 11.4. The van der Waals surface area contributed by atoms with Crippen LogP contribution in [0.3, 0.4) is 0 Å². The van der Waals surface area contributed by atoms with Gasteiger partial charge in [0, 0.05) is 18.1 Å². The summed E-state index contributed by atoms with van der Waals surface area (Å²) < 4.78 is 5.42. The van der Waals surface area contributed by atoms with Crippen molar-refractivity contribution in [3.63, 3.8) is 0 Å². The van der Waals surface area contributed by atoms with Crippen molar-refractivity contribution in [2.45, 2.75) is 50.7 Å². The average Bonchev–Trinajstić information content (AvgIpc) is 3.05. The van der Waals surface area contributed by atoms with Gasteiger partial charge in [0.05, 0.1) is 13.0 Å². The van der Waals surface area contributed by atoms with Crippen LogP contribution in [0.25, 0.3) is 0 Å². The Morgan fingerprint density at radius 1 is 1.43 bits per heavy atom. The first kappa shape index (κ1) is 14.4. The Kier molecular flexibility index (Phi) is 3.89. The summed E-state index contributed by atoms with van der Waals surface area (Å²) in [5, 5.41) is 9.36. The van der Waals surface area contributed by atoms with Gasteiger partial charge in [0.2, 0.25) is 0 Å². The van der Waals surface area contributed by atoms with E-state index in [1.54, 1.807) is 7.11 Å². The monoisotopic (exact) mass is 289 g/mol. The van der Waals surface area contributed by atoms with Crippen LogP contribution in [-0.4, -0.2) is 41.2 Å². The maximum Gasteiger partial charge on any atom is 0.308 e. The first-order valence-electron chi connectivity index (χ1n) is 7.74. The summed E-state index contributed by atoms with van der Waals surface area (Å²) in [6.45, 7) is 2.21. The molecule has 1 aromatic rings. The summed E-state index contributed by atoms with van der Waals surface area (Å²) in [4.78, 5) is 13.8. The van der Waals surface area contributed by atoms with E-state index in [4.69, 9.17) is 4.74 Å². The predicted octanol–water partition coefficient (Wildman–Crippen LogP) is 2.56. The van der Waals surface area contributed by atoms with Crippen molar-refractivity contribution in [3.8, 4) is 5.75 Å². The smallest absolute Gasteiger partial charge is 0.308 e. The van der Waals surface area contributed by atoms with Crippen molar-refractivity contribution in [3.05, 3.63) is 29.8 Å². The van der Waals surface area contributed by atoms with Crippen LogP contribution in [0.15, 0.2) is 24.3 Å². The van der Waals surface area contributed by atoms with Gasteiger partial charge in [-0.3, -0.25) is 9.69 Å². The molecule has 2 saturated heterocycles. The second-order valence-corrected chi connectivity index (χ2v) is 6.29. The minimum Gasteiger partial charge on any atom is -0.496 e. The summed E-state index contributed by atoms with van der Waals surface area (Å²) in [5.74, 6) is 0.117. The Balaban J connectivity index is 1.74. The molecule has 2 fully saturated rings. The second-order valence-electron chi connectivity index (χ2n) is 6.29. The van der Waals surface area contributed by atoms with Gasteiger partial charge in [-0.15, -0.1) is 0 Å². The molecule has 4 heteroatoms. The minimum absolute atomic E-state index is 0.177. The first-order chi connectivity index (χ1) is 10.1. The Hall–Kier alpha value is -1.55. The molecule has 4 nitrogen and oxygen atoms in total. The molecule has 2 aliphatic rings. The molecule has 0 saturated carbocycles. The van der Waals surface area contributed by atoms with Crippen LogP contribution in [0.5, 0.6) is 5.75 Å². The van der Waals surface area contributed by atoms with Crippen molar-refractivity contribution >= 4 is 5.97 Å². The molecular weight excluding hydrogens is 266 g/mol. The third-order valence-electron chi connectivity index (χ3n) is 5.12. The van der Waals surface area contributed by atoms with Gasteiger partial charge in [0.15, 0.2) is 0 Å². The number of para-hydroxylation sites is 1. The molecule has 2 bridgehead atoms. The van der Waals surface area contributed by atoms with E-state index in [0.29, 0.717) is 12.1 Å². The molecule has 4 unspecified atom stereocenters. The lowest BCUT2D eigenvalue weighted by Gasteiger charge is -2.30. The van der Waals surface area contributed by atoms with Gasteiger partial charge in [-0.2, -0.15) is 0 Å². The van der Waals surface area contributed by atoms with Crippen LogP contribution in [0.4, 0.5) is 0 Å². The molecule has 21 heavy (non-hydrogen) atoms. The molecule has 2 heterocycles. The van der Waals surface area contributed by atoms with Gasteiger partial charge in [-0.25, -0.2) is 0 Å². The molecule has 1 aromatic carbocycles. The molecule has 4 atom stereocenters. The van der Waals surface area contributed by atoms with Crippen molar-refractivity contribution < 1.29 is 14.6 Å². The van der Waals surface area contributed by atoms with E-state index in [1.165, 1.54) is 5.56 Å². The molecule has 0 spiro atoms. The lowest BCUT2D eigenvalue weighted by Crippen LogP contribution is -2.40. The highest BCUT2D eigenvalue weighted by atomic mass is 16.5. The highest BCUT2D eigenvalue weighted by Crippen LogP contribution is 2.43. The van der Waals surface area contributed by atoms with Crippen LogP contribution >= 0.6 is 0 Å². The third kappa shape index (κ3) is 2.53. The molecule has 0 aromatic heterocycles. The predicted molar refractivity (Wildman–Crippen MR) is 80.6 cm³/mol. The number of fused-ring (bicyclic) bond motifs is 2. The number of benzene rings is 1. The van der Waals surface area contributed by atoms with E-state index in [1.807, 2.05) is 18.2 Å². The summed E-state index contributed by atoms with van der Waals surface area (Å²) in [5.41, 5.74) is 1.20. The second kappa shape index (κ2) is 5.68. The number of hydrogen-bond acceptors (Lipinski definition) is 3. The number of carboxylic acids is 1. The van der Waals surface area contributed by atoms with Gasteiger partial charge in [0.25, 0.3) is 0 Å². The molecule has 114 valence electrons. The number of aliphatic carboxylic acids is 1. The number of rotatable bonds is 5. The fraction of sp³-hybridized carbons (Fsp3) is 0.588. The topological polar surface area (TPSA) is 49.8 Å². The largest absolute Gasteiger partial charge is 0.496 e. The van der Waals surface area contributed by atoms with Crippen LogP contribution in [0.1, 0.15) is 31.7 Å². The number of hydrogen-bond donors (Lipinski definition) is 1. The lowest BCUT2D eigenvalue weighted by atomic mass is 9.89. The van der Waals surface area contributed by atoms with Crippen molar-refractivity contribution in [2.75, 3.05) is 7.11 Å². The SMILES string of the molecule is COc1ccccc1CC(C)N1C2CCC1C(C(=O)O)C2. The fourth-order valence-electron chi connectivity index (χ4n) is 4.28. The summed E-state index contributed by atoms with van der Waals surface area (Å²) in [7, 11) is 1.70. The van der Waals surface area contributed by atoms with Gasteiger partial charge in [-0.1, -0.05) is 18.2 Å². The zero-order valence-electron chi connectivity index (χ0n) is 12.7. The minimum atomic E-state index is -0.628. The number of methoxy groups -OCH3 is 1. The number of carbonyl (C=O) groups is 1. The zero-order chi connectivity index (χ0) is 15.0. The van der Waals surface area contributed by atoms with Gasteiger partial charge < -0.3 is 9.84 Å². The van der Waals surface area contributed by atoms with Gasteiger partial charge in [-0.05, 0) is 44.2 Å². The maximum atomic E-state index is 11.4. The van der Waals surface area contributed by atoms with Crippen LogP contribution in [0.2, 0.25) is 0 Å². The summed E-state index contributed by atoms with van der Waals surface area (Å²) >= 11 is 0. The van der Waals surface area contributed by atoms with Crippen molar-refractivity contribution in [1.29, 1.82) is 0 Å². The zero-order valence-corrected chi connectivity index (χ0v) is 12.7. The van der Waals surface area contributed by atoms with Crippen molar-refractivity contribution in [1.82, 2.24) is 4.90 Å². The molecule has 0 radical (unpaired) electrons. The van der Waals surface area contributed by atoms with E-state index >= 15 is 0 Å². The molecule has 0 amide bonds. The van der Waals surface area contributed by atoms with Crippen LogP contribution < -0.4 is 4.74 Å². The standard InChI is InChI=1S/C17H23NO3/c1-11(9-12-5-3-4-6-16(12)21-2)18-13-7-8-15(18)14(10-13)17(19)20/h3-6,11,13-15H,7-10H2,1-2H3,(H,19,20). The Morgan fingerprint density at radius 2 is 2.19 bits per heavy atom. The van der Waals surface area contributed by atoms with Crippen LogP contribution in [0, 0.1) is 5.92 Å². The summed E-state index contributed by atoms with van der Waals surface area (Å²) in [6.07, 6.45) is 3.89. The number of ether oxygens (including phenoxy) is 1. The van der Waals surface area contributed by atoms with Crippen LogP contribution in [-0.2, 0) is 11.2 Å². The Morgan fingerprint density at radius 3 is 2.86 bits per heavy atom. The fourth-order valence-corrected chi connectivity index (χ4v) is 4.28. The van der Waals surface area contributed by atoms with E-state index in [-0.39, 0.29) is 12.0 Å². The quantitative estimate of drug-likeness (QED) is 0.905. The summed E-state index contributed by atoms with van der Waals surface area (Å²) in [6, 6.07) is 9.11. The Bertz CT molecular complexity index is 531. The number of carboxylic acid groups (broad SMARTS) is 1. The number of nitrogens with zero attached hydrogens (tertiary/aromatic N) is 1. The highest BCUT2D eigenvalue weighted by Gasteiger charge is 2.50. The average molecular weight is 289 g/mol. The third-order valence-corrected chi connectivity index (χ3v) is 5.12. The van der Waals surface area contributed by atoms with Gasteiger partial charge in [0.1, 0.15) is 5.75 Å². The highest BCUT2D eigenvalue weighted by molar-refractivity contribution is 5.71. The molecule has 2 aliphatic heterocycles. The van der Waals surface area contributed by atoms with E-state index in [2.05, 4.69) is 17.9 Å². The lowest BCUT2D eigenvalue weighted by molar-refractivity contribution is -0.142. The molecule has 3 rings (SSSR count). The molecule has 1 N–H and O–H groups in total. The van der Waals surface area contributed by atoms with E-state index in [0.717, 1.165) is 31.4 Å². The normalized spacial score (nSPS) is 29.5. The van der Waals surface area contributed by atoms with Crippen molar-refractivity contribution in [2.24, 2.45) is 5.92 Å². The van der Waals surface area contributed by atoms with E-state index < -0.39 is 5.97 Å². The van der Waals surface area contributed by atoms with Gasteiger partial charge >= 0.3 is 5.97 Å². The Labute approximate surface area is 125 Å². The first-order valence-corrected chi connectivity index (χ1v) is 7.74. The molecule has 0 aliphatic carbocycles. The van der Waals surface area contributed by atoms with E-state index in [9.17, 15) is 9.90 Å². The molecular formula is C17H23NO3.